The van der Waals surface area contributed by atoms with Crippen molar-refractivity contribution in [1.82, 2.24) is 14.9 Å². The molecule has 10 heteroatoms. The summed E-state index contributed by atoms with van der Waals surface area (Å²) in [4.78, 5) is 29.7. The molecule has 3 rings (SSSR count). The van der Waals surface area contributed by atoms with Crippen molar-refractivity contribution in [2.75, 3.05) is 18.0 Å². The van der Waals surface area contributed by atoms with Gasteiger partial charge in [-0.3, -0.25) is 9.69 Å². The summed E-state index contributed by atoms with van der Waals surface area (Å²) in [5, 5.41) is 2.54. The van der Waals surface area contributed by atoms with E-state index in [0.717, 1.165) is 17.0 Å². The second-order valence-electron chi connectivity index (χ2n) is 5.81. The average molecular weight is 441 g/mol. The molecule has 2 heterocycles. The Kier molecular flexibility index (Phi) is 5.54. The minimum absolute atomic E-state index is 0.0322. The van der Waals surface area contributed by atoms with Crippen LogP contribution in [-0.4, -0.2) is 40.7 Å². The summed E-state index contributed by atoms with van der Waals surface area (Å²) in [6.45, 7) is 1.54. The van der Waals surface area contributed by atoms with Gasteiger partial charge in [-0.2, -0.15) is 0 Å². The second kappa shape index (κ2) is 7.87. The molecule has 1 fully saturated rings. The number of hydrogen-bond acceptors (Lipinski definition) is 4. The van der Waals surface area contributed by atoms with Crippen LogP contribution in [0.5, 0.6) is 0 Å². The molecule has 27 heavy (non-hydrogen) atoms. The van der Waals surface area contributed by atoms with Crippen LogP contribution in [-0.2, 0) is 9.53 Å². The Morgan fingerprint density at radius 1 is 1.44 bits per heavy atom. The zero-order chi connectivity index (χ0) is 19.6. The highest BCUT2D eigenvalue weighted by Crippen LogP contribution is 2.28. The van der Waals surface area contributed by atoms with Crippen LogP contribution in [0.2, 0.25) is 0 Å². The number of aromatic nitrogens is 2. The van der Waals surface area contributed by atoms with E-state index in [1.165, 1.54) is 24.0 Å². The first-order valence-electron chi connectivity index (χ1n) is 7.91. The van der Waals surface area contributed by atoms with E-state index in [0.29, 0.717) is 5.69 Å². The molecule has 1 atom stereocenters. The topological polar surface area (TPSA) is 76.5 Å². The number of nitrogens with zero attached hydrogens (tertiary/aromatic N) is 3. The summed E-state index contributed by atoms with van der Waals surface area (Å²) in [5.74, 6) is -1.97. The lowest BCUT2D eigenvalue weighted by Crippen LogP contribution is -2.33. The van der Waals surface area contributed by atoms with Crippen LogP contribution in [0.3, 0.4) is 0 Å². The first-order valence-corrected chi connectivity index (χ1v) is 8.83. The monoisotopic (exact) mass is 440 g/mol. The average Bonchev–Trinajstić information content (AvgIpc) is 3.19. The highest BCUT2D eigenvalue weighted by atomic mass is 79.9. The highest BCUT2D eigenvalue weighted by Gasteiger charge is 2.33. The van der Waals surface area contributed by atoms with Crippen molar-refractivity contribution in [3.05, 3.63) is 47.0 Å². The molecule has 0 saturated carbocycles. The van der Waals surface area contributed by atoms with E-state index in [1.807, 2.05) is 0 Å². The van der Waals surface area contributed by atoms with Gasteiger partial charge in [0.15, 0.2) is 11.6 Å². The normalized spacial score (nSPS) is 16.8. The van der Waals surface area contributed by atoms with Gasteiger partial charge in [-0.25, -0.2) is 18.6 Å². The van der Waals surface area contributed by atoms with Gasteiger partial charge in [-0.1, -0.05) is 15.9 Å². The van der Waals surface area contributed by atoms with Gasteiger partial charge in [-0.05, 0) is 11.1 Å². The molecular weight excluding hydrogens is 426 g/mol. The number of amides is 2. The maximum atomic E-state index is 14.6. The Balaban J connectivity index is 1.84. The molecule has 0 aliphatic carbocycles. The van der Waals surface area contributed by atoms with Gasteiger partial charge in [0.05, 0.1) is 24.5 Å². The van der Waals surface area contributed by atoms with Crippen LogP contribution in [0, 0.1) is 11.6 Å². The molecule has 142 valence electrons. The number of halogens is 3. The molecule has 2 amide bonds. The molecule has 0 spiro atoms. The zero-order valence-corrected chi connectivity index (χ0v) is 15.7. The summed E-state index contributed by atoms with van der Waals surface area (Å²) in [7, 11) is 0. The van der Waals surface area contributed by atoms with Gasteiger partial charge in [0.1, 0.15) is 18.1 Å². The van der Waals surface area contributed by atoms with Gasteiger partial charge in [0.2, 0.25) is 5.91 Å². The summed E-state index contributed by atoms with van der Waals surface area (Å²) < 4.78 is 35.5. The first-order chi connectivity index (χ1) is 12.9. The van der Waals surface area contributed by atoms with E-state index in [4.69, 9.17) is 4.74 Å². The highest BCUT2D eigenvalue weighted by molar-refractivity contribution is 9.11. The maximum Gasteiger partial charge on any atom is 0.414 e. The molecule has 1 aromatic carbocycles. The van der Waals surface area contributed by atoms with Crippen molar-refractivity contribution in [1.29, 1.82) is 0 Å². The van der Waals surface area contributed by atoms with E-state index in [9.17, 15) is 18.4 Å². The van der Waals surface area contributed by atoms with Crippen molar-refractivity contribution in [2.24, 2.45) is 0 Å². The molecule has 7 nitrogen and oxygen atoms in total. The van der Waals surface area contributed by atoms with Crippen LogP contribution >= 0.6 is 15.9 Å². The Hall–Kier alpha value is -2.75. The minimum Gasteiger partial charge on any atom is -0.442 e. The number of hydrogen-bond donors (Lipinski definition) is 1. The predicted octanol–water partition coefficient (Wildman–Crippen LogP) is 2.98. The lowest BCUT2D eigenvalue weighted by molar-refractivity contribution is -0.119. The van der Waals surface area contributed by atoms with E-state index in [2.05, 4.69) is 26.2 Å². The van der Waals surface area contributed by atoms with Gasteiger partial charge in [-0.15, -0.1) is 0 Å². The third-order valence-corrected chi connectivity index (χ3v) is 4.12. The fourth-order valence-corrected chi connectivity index (χ4v) is 2.93. The third kappa shape index (κ3) is 4.16. The van der Waals surface area contributed by atoms with E-state index in [-0.39, 0.29) is 30.4 Å². The van der Waals surface area contributed by atoms with E-state index >= 15 is 0 Å². The van der Waals surface area contributed by atoms with Crippen LogP contribution in [0.15, 0.2) is 29.6 Å². The first kappa shape index (κ1) is 19.0. The number of ether oxygens (including phenoxy) is 1. The van der Waals surface area contributed by atoms with Crippen LogP contribution in [0.1, 0.15) is 12.6 Å². The standard InChI is InChI=1S/C17H15BrF2N4O3/c1-10(25)21-6-13-8-24(17(26)27-13)12-4-14(19)16(15(20)5-12)23-7-11(2-3-18)22-9-23/h2-5,7,9,13H,6,8H2,1H3,(H,21,25)/b3-2+/t13-/m0/s1. The molecule has 1 aliphatic heterocycles. The number of carbonyl (C=O) groups excluding carboxylic acids is 2. The second-order valence-corrected chi connectivity index (χ2v) is 6.34. The van der Waals surface area contributed by atoms with Gasteiger partial charge in [0, 0.05) is 25.3 Å². The summed E-state index contributed by atoms with van der Waals surface area (Å²) >= 11 is 3.11. The fraction of sp³-hybridized carbons (Fsp3) is 0.235. The number of benzene rings is 1. The number of rotatable bonds is 5. The molecule has 0 bridgehead atoms. The molecule has 1 N–H and O–H groups in total. The molecule has 1 aromatic heterocycles. The van der Waals surface area contributed by atoms with Crippen LogP contribution < -0.4 is 10.2 Å². The molecule has 2 aromatic rings. The van der Waals surface area contributed by atoms with Crippen molar-refractivity contribution in [2.45, 2.75) is 13.0 Å². The largest absolute Gasteiger partial charge is 0.442 e. The van der Waals surface area contributed by atoms with Crippen LogP contribution in [0.25, 0.3) is 11.8 Å². The molecule has 0 radical (unpaired) electrons. The smallest absolute Gasteiger partial charge is 0.414 e. The van der Waals surface area contributed by atoms with Gasteiger partial charge < -0.3 is 14.6 Å². The number of imidazole rings is 1. The van der Waals surface area contributed by atoms with E-state index in [1.54, 1.807) is 11.1 Å². The minimum atomic E-state index is -0.852. The number of nitrogens with one attached hydrogen (secondary N) is 1. The molecular formula is C17H15BrF2N4O3. The molecule has 1 aliphatic rings. The van der Waals surface area contributed by atoms with Crippen molar-refractivity contribution in [3.63, 3.8) is 0 Å². The number of cyclic esters (lactones) is 1. The maximum absolute atomic E-state index is 14.6. The van der Waals surface area contributed by atoms with Crippen molar-refractivity contribution in [3.8, 4) is 5.69 Å². The summed E-state index contributed by atoms with van der Waals surface area (Å²) in [6, 6.07) is 2.11. The molecule has 0 unspecified atom stereocenters. The quantitative estimate of drug-likeness (QED) is 0.775. The summed E-state index contributed by atoms with van der Waals surface area (Å²) in [6.07, 6.45) is 3.04. The Labute approximate surface area is 161 Å². The summed E-state index contributed by atoms with van der Waals surface area (Å²) in [5.41, 5.74) is 0.242. The molecule has 1 saturated heterocycles. The van der Waals surface area contributed by atoms with Crippen molar-refractivity contribution >= 4 is 39.7 Å². The lowest BCUT2D eigenvalue weighted by atomic mass is 10.2. The van der Waals surface area contributed by atoms with Crippen LogP contribution in [0.4, 0.5) is 19.3 Å². The Bertz CT molecular complexity index is 892. The van der Waals surface area contributed by atoms with Crippen molar-refractivity contribution < 1.29 is 23.1 Å². The van der Waals surface area contributed by atoms with Gasteiger partial charge in [0.25, 0.3) is 0 Å². The van der Waals surface area contributed by atoms with Gasteiger partial charge >= 0.3 is 6.09 Å². The third-order valence-electron chi connectivity index (χ3n) is 3.86. The fourth-order valence-electron chi connectivity index (χ4n) is 2.66. The van der Waals surface area contributed by atoms with E-state index < -0.39 is 23.8 Å². The lowest BCUT2D eigenvalue weighted by Gasteiger charge is -2.15. The number of anilines is 1. The predicted molar refractivity (Wildman–Crippen MR) is 97.7 cm³/mol. The Morgan fingerprint density at radius 2 is 2.15 bits per heavy atom. The number of carbonyl (C=O) groups is 2. The zero-order valence-electron chi connectivity index (χ0n) is 14.2. The Morgan fingerprint density at radius 3 is 2.78 bits per heavy atom. The SMILES string of the molecule is CC(=O)NC[C@H]1CN(c2cc(F)c(-n3cnc(/C=C/Br)c3)c(F)c2)C(=O)O1.